The highest BCUT2D eigenvalue weighted by Gasteiger charge is 2.23. The number of pyridine rings is 1. The zero-order valence-corrected chi connectivity index (χ0v) is 28.2. The second kappa shape index (κ2) is 11.4. The molecule has 53 heavy (non-hydrogen) atoms. The summed E-state index contributed by atoms with van der Waals surface area (Å²) in [5.41, 5.74) is 10.7. The first-order valence-corrected chi connectivity index (χ1v) is 17.6. The largest absolute Gasteiger partial charge is 0.456 e. The van der Waals surface area contributed by atoms with Gasteiger partial charge in [0, 0.05) is 43.7 Å². The van der Waals surface area contributed by atoms with Crippen LogP contribution >= 0.6 is 0 Å². The van der Waals surface area contributed by atoms with Crippen LogP contribution in [0.5, 0.6) is 0 Å². The van der Waals surface area contributed by atoms with Crippen LogP contribution in [0.3, 0.4) is 0 Å². The zero-order valence-electron chi connectivity index (χ0n) is 28.2. The van der Waals surface area contributed by atoms with Crippen molar-refractivity contribution in [2.75, 3.05) is 0 Å². The Balaban J connectivity index is 1.27. The van der Waals surface area contributed by atoms with Gasteiger partial charge in [-0.1, -0.05) is 121 Å². The fourth-order valence-electron chi connectivity index (χ4n) is 8.08. The number of hydrogen-bond acceptors (Lipinski definition) is 4. The molecular weight excluding hydrogens is 653 g/mol. The number of nitrogens with zero attached hydrogens (tertiary/aromatic N) is 3. The normalized spacial score (nSPS) is 11.8. The maximum absolute atomic E-state index is 14.2. The fourth-order valence-corrected chi connectivity index (χ4v) is 8.08. The van der Waals surface area contributed by atoms with E-state index < -0.39 is 0 Å². The van der Waals surface area contributed by atoms with E-state index in [0.717, 1.165) is 93.8 Å². The molecule has 0 saturated carbocycles. The zero-order chi connectivity index (χ0) is 35.0. The van der Waals surface area contributed by atoms with Gasteiger partial charge >= 0.3 is 0 Å². The van der Waals surface area contributed by atoms with Gasteiger partial charge < -0.3 is 14.0 Å². The van der Waals surface area contributed by atoms with Crippen LogP contribution in [0.15, 0.2) is 173 Å². The van der Waals surface area contributed by atoms with Crippen LogP contribution in [0.1, 0.15) is 0 Å². The van der Waals surface area contributed by atoms with Gasteiger partial charge in [-0.3, -0.25) is 4.79 Å². The highest BCUT2D eigenvalue weighted by molar-refractivity contribution is 6.23. The van der Waals surface area contributed by atoms with Gasteiger partial charge in [0.05, 0.1) is 33.1 Å². The minimum absolute atomic E-state index is 0.131. The summed E-state index contributed by atoms with van der Waals surface area (Å²) in [6, 6.07) is 55.3. The quantitative estimate of drug-likeness (QED) is 0.201. The molecule has 11 aromatic rings. The highest BCUT2D eigenvalue weighted by atomic mass is 16.3. The second-order valence-electron chi connectivity index (χ2n) is 13.4. The number of benzene rings is 7. The molecule has 0 aliphatic heterocycles. The van der Waals surface area contributed by atoms with Crippen molar-refractivity contribution in [2.24, 2.45) is 0 Å². The number of fused-ring (bicyclic) bond motifs is 9. The number of para-hydroxylation sites is 2. The summed E-state index contributed by atoms with van der Waals surface area (Å²) in [4.78, 5) is 27.6. The molecule has 0 radical (unpaired) electrons. The van der Waals surface area contributed by atoms with E-state index in [4.69, 9.17) is 14.4 Å². The monoisotopic (exact) mass is 680 g/mol. The van der Waals surface area contributed by atoms with E-state index in [9.17, 15) is 4.79 Å². The Morgan fingerprint density at radius 2 is 1.21 bits per heavy atom. The summed E-state index contributed by atoms with van der Waals surface area (Å²) < 4.78 is 8.56. The van der Waals surface area contributed by atoms with Gasteiger partial charge in [0.15, 0.2) is 5.82 Å². The third kappa shape index (κ3) is 4.42. The SMILES string of the molecule is O=c1[nH]c2cccc(-c3cccc4oc5ccccc5c34)c2c2c1c1ccccc1n2-c1ccc2nc(-c3ccccc3)nc(-c3ccccc3)c2c1. The van der Waals surface area contributed by atoms with Crippen molar-refractivity contribution in [3.8, 4) is 39.5 Å². The van der Waals surface area contributed by atoms with E-state index in [-0.39, 0.29) is 5.56 Å². The first-order valence-electron chi connectivity index (χ1n) is 17.6. The number of nitrogens with one attached hydrogen (secondary N) is 1. The van der Waals surface area contributed by atoms with E-state index in [1.807, 2.05) is 109 Å². The van der Waals surface area contributed by atoms with E-state index in [0.29, 0.717) is 11.2 Å². The predicted octanol–water partition coefficient (Wildman–Crippen LogP) is 11.5. The van der Waals surface area contributed by atoms with E-state index in [1.54, 1.807) is 0 Å². The third-order valence-corrected chi connectivity index (χ3v) is 10.4. The van der Waals surface area contributed by atoms with E-state index in [2.05, 4.69) is 64.1 Å². The van der Waals surface area contributed by atoms with Crippen LogP contribution in [-0.2, 0) is 0 Å². The lowest BCUT2D eigenvalue weighted by atomic mass is 9.95. The lowest BCUT2D eigenvalue weighted by molar-refractivity contribution is 0.669. The van der Waals surface area contributed by atoms with E-state index >= 15 is 0 Å². The lowest BCUT2D eigenvalue weighted by Crippen LogP contribution is -2.07. The molecule has 0 fully saturated rings. The minimum Gasteiger partial charge on any atom is -0.456 e. The maximum Gasteiger partial charge on any atom is 0.258 e. The Morgan fingerprint density at radius 1 is 0.528 bits per heavy atom. The molecule has 11 rings (SSSR count). The molecule has 0 atom stereocenters. The van der Waals surface area contributed by atoms with Crippen molar-refractivity contribution in [2.45, 2.75) is 0 Å². The molecule has 0 spiro atoms. The molecule has 0 aliphatic rings. The van der Waals surface area contributed by atoms with Gasteiger partial charge in [-0.25, -0.2) is 9.97 Å². The average Bonchev–Trinajstić information content (AvgIpc) is 3.78. The Labute approximate surface area is 302 Å². The van der Waals surface area contributed by atoms with E-state index in [1.165, 1.54) is 0 Å². The van der Waals surface area contributed by atoms with Crippen molar-refractivity contribution in [3.05, 3.63) is 174 Å². The molecule has 0 bridgehead atoms. The second-order valence-corrected chi connectivity index (χ2v) is 13.4. The molecule has 248 valence electrons. The molecule has 4 heterocycles. The lowest BCUT2D eigenvalue weighted by Gasteiger charge is -2.15. The molecule has 0 saturated heterocycles. The van der Waals surface area contributed by atoms with Crippen molar-refractivity contribution in [1.29, 1.82) is 0 Å². The smallest absolute Gasteiger partial charge is 0.258 e. The highest BCUT2D eigenvalue weighted by Crippen LogP contribution is 2.43. The first-order chi connectivity index (χ1) is 26.2. The molecular formula is C47H28N4O2. The van der Waals surface area contributed by atoms with Gasteiger partial charge in [0.1, 0.15) is 11.2 Å². The molecule has 4 aromatic heterocycles. The topological polar surface area (TPSA) is 76.7 Å². The standard InChI is InChI=1S/C47H28N4O2/c52-47-43-33-17-7-9-22-38(33)51(30-25-26-36-35(27-30)44(28-13-3-1-4-14-28)50-46(48-36)29-15-5-2-6-16-29)45(43)42-32(19-11-21-37(42)49-47)31-20-12-24-40-41(31)34-18-8-10-23-39(34)53-40/h1-27H,(H,49,52). The third-order valence-electron chi connectivity index (χ3n) is 10.4. The summed E-state index contributed by atoms with van der Waals surface area (Å²) in [5.74, 6) is 0.671. The van der Waals surface area contributed by atoms with Crippen molar-refractivity contribution >= 4 is 65.6 Å². The van der Waals surface area contributed by atoms with Crippen LogP contribution in [0.4, 0.5) is 0 Å². The van der Waals surface area contributed by atoms with Crippen LogP contribution in [0.2, 0.25) is 0 Å². The summed E-state index contributed by atoms with van der Waals surface area (Å²) in [7, 11) is 0. The molecule has 6 heteroatoms. The van der Waals surface area contributed by atoms with Gasteiger partial charge in [0.2, 0.25) is 0 Å². The van der Waals surface area contributed by atoms with Crippen LogP contribution in [0.25, 0.3) is 105 Å². The number of rotatable bonds is 4. The van der Waals surface area contributed by atoms with Crippen LogP contribution < -0.4 is 5.56 Å². The fraction of sp³-hybridized carbons (Fsp3) is 0. The summed E-state index contributed by atoms with van der Waals surface area (Å²) in [6.45, 7) is 0. The number of furan rings is 1. The number of H-pyrrole nitrogens is 1. The van der Waals surface area contributed by atoms with Crippen molar-refractivity contribution < 1.29 is 4.42 Å². The molecule has 6 nitrogen and oxygen atoms in total. The maximum atomic E-state index is 14.2. The predicted molar refractivity (Wildman–Crippen MR) is 216 cm³/mol. The Morgan fingerprint density at radius 3 is 2.04 bits per heavy atom. The molecule has 1 N–H and O–H groups in total. The number of aromatic nitrogens is 4. The van der Waals surface area contributed by atoms with Gasteiger partial charge in [-0.2, -0.15) is 0 Å². The molecule has 0 unspecified atom stereocenters. The average molecular weight is 681 g/mol. The molecule has 0 amide bonds. The first kappa shape index (κ1) is 29.4. The van der Waals surface area contributed by atoms with Gasteiger partial charge in [-0.15, -0.1) is 0 Å². The summed E-state index contributed by atoms with van der Waals surface area (Å²) >= 11 is 0. The van der Waals surface area contributed by atoms with Gasteiger partial charge in [0.25, 0.3) is 5.56 Å². The molecule has 7 aromatic carbocycles. The molecule has 0 aliphatic carbocycles. The number of aromatic amines is 1. The van der Waals surface area contributed by atoms with Crippen LogP contribution in [0, 0.1) is 0 Å². The van der Waals surface area contributed by atoms with Crippen molar-refractivity contribution in [1.82, 2.24) is 19.5 Å². The summed E-state index contributed by atoms with van der Waals surface area (Å²) in [5, 5.41) is 5.49. The minimum atomic E-state index is -0.131. The van der Waals surface area contributed by atoms with Crippen molar-refractivity contribution in [3.63, 3.8) is 0 Å². The number of hydrogen-bond donors (Lipinski definition) is 1. The van der Waals surface area contributed by atoms with Crippen LogP contribution in [-0.4, -0.2) is 19.5 Å². The Hall–Kier alpha value is -7.31. The Kier molecular flexibility index (Phi) is 6.30. The summed E-state index contributed by atoms with van der Waals surface area (Å²) in [6.07, 6.45) is 0. The van der Waals surface area contributed by atoms with Gasteiger partial charge in [-0.05, 0) is 53.6 Å². The Bertz CT molecular complexity index is 3300.